The van der Waals surface area contributed by atoms with Crippen LogP contribution in [0, 0.1) is 0 Å². The molecule has 1 amide bonds. The smallest absolute Gasteiger partial charge is 0.233 e. The Balaban J connectivity index is 1.28. The standard InChI is InChI=1S/C21H26N4OS/c1-24(18-8-4-6-14-5-2-3-7-17(14)18)19(26)13-27-21-23-22-20(15-9-10-15)25(21)16-11-12-16/h2-3,5,7,15-16,18H,4,6,8-13H2,1H3/t18-/m0/s1. The van der Waals surface area contributed by atoms with Gasteiger partial charge in [0.05, 0.1) is 11.8 Å². The molecule has 3 aliphatic carbocycles. The molecule has 2 fully saturated rings. The van der Waals surface area contributed by atoms with Gasteiger partial charge in [0.1, 0.15) is 5.82 Å². The highest BCUT2D eigenvalue weighted by atomic mass is 32.2. The molecule has 0 unspecified atom stereocenters. The molecule has 5 nitrogen and oxygen atoms in total. The summed E-state index contributed by atoms with van der Waals surface area (Å²) in [5.41, 5.74) is 2.71. The number of benzene rings is 1. The Morgan fingerprint density at radius 3 is 2.78 bits per heavy atom. The summed E-state index contributed by atoms with van der Waals surface area (Å²) in [6, 6.07) is 9.33. The molecule has 0 spiro atoms. The van der Waals surface area contributed by atoms with Crippen LogP contribution >= 0.6 is 11.8 Å². The van der Waals surface area contributed by atoms with Gasteiger partial charge >= 0.3 is 0 Å². The lowest BCUT2D eigenvalue weighted by Gasteiger charge is -2.33. The van der Waals surface area contributed by atoms with Crippen molar-refractivity contribution < 1.29 is 4.79 Å². The summed E-state index contributed by atoms with van der Waals surface area (Å²) in [6.07, 6.45) is 8.23. The molecular formula is C21H26N4OS. The number of aromatic nitrogens is 3. The quantitative estimate of drug-likeness (QED) is 0.705. The van der Waals surface area contributed by atoms with Gasteiger partial charge in [-0.1, -0.05) is 36.0 Å². The largest absolute Gasteiger partial charge is 0.338 e. The first-order valence-corrected chi connectivity index (χ1v) is 11.1. The van der Waals surface area contributed by atoms with Crippen molar-refractivity contribution in [1.29, 1.82) is 0 Å². The van der Waals surface area contributed by atoms with Gasteiger partial charge in [-0.2, -0.15) is 0 Å². The van der Waals surface area contributed by atoms with Crippen molar-refractivity contribution in [3.05, 3.63) is 41.2 Å². The summed E-state index contributed by atoms with van der Waals surface area (Å²) < 4.78 is 2.32. The number of aryl methyl sites for hydroxylation is 1. The van der Waals surface area contributed by atoms with Crippen LogP contribution in [0.1, 0.15) is 73.5 Å². The van der Waals surface area contributed by atoms with Gasteiger partial charge in [0, 0.05) is 19.0 Å². The first-order chi connectivity index (χ1) is 13.2. The van der Waals surface area contributed by atoms with Crippen LogP contribution < -0.4 is 0 Å². The highest BCUT2D eigenvalue weighted by Gasteiger charge is 2.36. The summed E-state index contributed by atoms with van der Waals surface area (Å²) in [6.45, 7) is 0. The van der Waals surface area contributed by atoms with Gasteiger partial charge in [0.25, 0.3) is 0 Å². The zero-order valence-corrected chi connectivity index (χ0v) is 16.6. The molecule has 0 N–H and O–H groups in total. The summed E-state index contributed by atoms with van der Waals surface area (Å²) in [5.74, 6) is 2.37. The predicted molar refractivity (Wildman–Crippen MR) is 106 cm³/mol. The van der Waals surface area contributed by atoms with E-state index in [9.17, 15) is 4.79 Å². The average molecular weight is 383 g/mol. The van der Waals surface area contributed by atoms with Gasteiger partial charge in [-0.25, -0.2) is 0 Å². The molecule has 1 aromatic heterocycles. The predicted octanol–water partition coefficient (Wildman–Crippen LogP) is 4.12. The number of carbonyl (C=O) groups excluding carboxylic acids is 1. The highest BCUT2D eigenvalue weighted by molar-refractivity contribution is 7.99. The average Bonchev–Trinajstić information content (AvgIpc) is 3.63. The third-order valence-corrected chi connectivity index (χ3v) is 7.00. The Morgan fingerprint density at radius 2 is 2.00 bits per heavy atom. The molecular weight excluding hydrogens is 356 g/mol. The number of fused-ring (bicyclic) bond motifs is 1. The monoisotopic (exact) mass is 382 g/mol. The van der Waals surface area contributed by atoms with Gasteiger partial charge in [-0.05, 0) is 56.1 Å². The van der Waals surface area contributed by atoms with E-state index < -0.39 is 0 Å². The van der Waals surface area contributed by atoms with E-state index in [2.05, 4.69) is 39.0 Å². The Labute approximate surface area is 164 Å². The van der Waals surface area contributed by atoms with Crippen molar-refractivity contribution in [1.82, 2.24) is 19.7 Å². The Hall–Kier alpha value is -1.82. The lowest BCUT2D eigenvalue weighted by molar-refractivity contribution is -0.129. The first kappa shape index (κ1) is 17.3. The molecule has 5 rings (SSSR count). The maximum absolute atomic E-state index is 12.9. The fourth-order valence-electron chi connectivity index (χ4n) is 4.22. The van der Waals surface area contributed by atoms with Crippen LogP contribution in [-0.4, -0.2) is 38.4 Å². The van der Waals surface area contributed by atoms with E-state index in [-0.39, 0.29) is 11.9 Å². The molecule has 2 saturated carbocycles. The normalized spacial score (nSPS) is 21.7. The van der Waals surface area contributed by atoms with Gasteiger partial charge in [-0.15, -0.1) is 10.2 Å². The second-order valence-corrected chi connectivity index (χ2v) is 9.06. The first-order valence-electron chi connectivity index (χ1n) is 10.1. The number of carbonyl (C=O) groups is 1. The third kappa shape index (κ3) is 3.40. The zero-order valence-electron chi connectivity index (χ0n) is 15.8. The maximum Gasteiger partial charge on any atom is 0.233 e. The Bertz CT molecular complexity index is 856. The van der Waals surface area contributed by atoms with Crippen LogP contribution in [0.2, 0.25) is 0 Å². The van der Waals surface area contributed by atoms with Crippen LogP contribution in [0.3, 0.4) is 0 Å². The molecule has 6 heteroatoms. The molecule has 1 aromatic carbocycles. The molecule has 1 heterocycles. The summed E-state index contributed by atoms with van der Waals surface area (Å²) >= 11 is 1.56. The van der Waals surface area contributed by atoms with Crippen LogP contribution in [-0.2, 0) is 11.2 Å². The number of rotatable bonds is 6. The fraction of sp³-hybridized carbons (Fsp3) is 0.571. The topological polar surface area (TPSA) is 51.0 Å². The molecule has 27 heavy (non-hydrogen) atoms. The molecule has 142 valence electrons. The molecule has 3 aliphatic rings. The highest BCUT2D eigenvalue weighted by Crippen LogP contribution is 2.46. The second-order valence-electron chi connectivity index (χ2n) is 8.12. The van der Waals surface area contributed by atoms with Crippen molar-refractivity contribution in [3.63, 3.8) is 0 Å². The summed E-state index contributed by atoms with van der Waals surface area (Å²) in [7, 11) is 1.96. The molecule has 0 aliphatic heterocycles. The van der Waals surface area contributed by atoms with E-state index in [0.29, 0.717) is 17.7 Å². The van der Waals surface area contributed by atoms with Crippen LogP contribution in [0.15, 0.2) is 29.4 Å². The van der Waals surface area contributed by atoms with Gasteiger partial charge in [0.15, 0.2) is 5.16 Å². The Morgan fingerprint density at radius 1 is 1.19 bits per heavy atom. The maximum atomic E-state index is 12.9. The van der Waals surface area contributed by atoms with E-state index in [0.717, 1.165) is 30.2 Å². The lowest BCUT2D eigenvalue weighted by atomic mass is 9.87. The minimum atomic E-state index is 0.181. The van der Waals surface area contributed by atoms with Crippen molar-refractivity contribution >= 4 is 17.7 Å². The minimum absolute atomic E-state index is 0.181. The van der Waals surface area contributed by atoms with E-state index in [1.54, 1.807) is 11.8 Å². The van der Waals surface area contributed by atoms with Gasteiger partial charge < -0.3 is 9.47 Å². The fourth-order valence-corrected chi connectivity index (χ4v) is 5.15. The van der Waals surface area contributed by atoms with Crippen LogP contribution in [0.4, 0.5) is 0 Å². The lowest BCUT2D eigenvalue weighted by Crippen LogP contribution is -2.34. The zero-order chi connectivity index (χ0) is 18.4. The number of hydrogen-bond acceptors (Lipinski definition) is 4. The van der Waals surface area contributed by atoms with Crippen LogP contribution in [0.5, 0.6) is 0 Å². The minimum Gasteiger partial charge on any atom is -0.338 e. The van der Waals surface area contributed by atoms with Crippen molar-refractivity contribution in [3.8, 4) is 0 Å². The van der Waals surface area contributed by atoms with E-state index in [1.807, 2.05) is 11.9 Å². The van der Waals surface area contributed by atoms with Gasteiger partial charge in [0.2, 0.25) is 5.91 Å². The molecule has 0 saturated heterocycles. The van der Waals surface area contributed by atoms with Crippen molar-refractivity contribution in [2.45, 2.75) is 68.1 Å². The second kappa shape index (κ2) is 6.97. The van der Waals surface area contributed by atoms with Crippen LogP contribution in [0.25, 0.3) is 0 Å². The van der Waals surface area contributed by atoms with E-state index in [1.165, 1.54) is 36.8 Å². The van der Waals surface area contributed by atoms with Crippen molar-refractivity contribution in [2.24, 2.45) is 0 Å². The van der Waals surface area contributed by atoms with Gasteiger partial charge in [-0.3, -0.25) is 4.79 Å². The SMILES string of the molecule is CN(C(=O)CSc1nnc(C2CC2)n1C1CC1)[C@H]1CCCc2ccccc21. The molecule has 2 aromatic rings. The molecule has 1 atom stereocenters. The van der Waals surface area contributed by atoms with Crippen molar-refractivity contribution in [2.75, 3.05) is 12.8 Å². The number of hydrogen-bond donors (Lipinski definition) is 0. The van der Waals surface area contributed by atoms with E-state index >= 15 is 0 Å². The molecule has 0 radical (unpaired) electrons. The number of nitrogens with zero attached hydrogens (tertiary/aromatic N) is 4. The molecule has 0 bridgehead atoms. The number of thioether (sulfide) groups is 1. The number of amides is 1. The summed E-state index contributed by atoms with van der Waals surface area (Å²) in [4.78, 5) is 14.9. The third-order valence-electron chi connectivity index (χ3n) is 6.07. The summed E-state index contributed by atoms with van der Waals surface area (Å²) in [5, 5.41) is 9.81. The van der Waals surface area contributed by atoms with E-state index in [4.69, 9.17) is 0 Å². The Kier molecular flexibility index (Phi) is 4.46.